The molecule has 0 bridgehead atoms. The predicted molar refractivity (Wildman–Crippen MR) is 145 cm³/mol. The number of nitrogens with one attached hydrogen (secondary N) is 2. The van der Waals surface area contributed by atoms with Crippen molar-refractivity contribution in [3.63, 3.8) is 0 Å². The van der Waals surface area contributed by atoms with Crippen LogP contribution >= 0.6 is 0 Å². The number of anilines is 2. The normalized spacial score (nSPS) is 20.1. The zero-order valence-electron chi connectivity index (χ0n) is 22.3. The fraction of sp³-hybridized carbons (Fsp3) is 0.393. The molecule has 5 N–H and O–H groups in total. The van der Waals surface area contributed by atoms with Crippen molar-refractivity contribution in [3.8, 4) is 29.2 Å². The first kappa shape index (κ1) is 27.9. The van der Waals surface area contributed by atoms with E-state index in [1.807, 2.05) is 25.1 Å². The van der Waals surface area contributed by atoms with Gasteiger partial charge in [0, 0.05) is 30.4 Å². The molecule has 4 rings (SSSR count). The zero-order valence-corrected chi connectivity index (χ0v) is 22.3. The highest BCUT2D eigenvalue weighted by atomic mass is 16.5. The molecule has 1 fully saturated rings. The van der Waals surface area contributed by atoms with Gasteiger partial charge in [-0.05, 0) is 31.5 Å². The van der Waals surface area contributed by atoms with Gasteiger partial charge in [0.15, 0.2) is 0 Å². The van der Waals surface area contributed by atoms with Gasteiger partial charge in [0.1, 0.15) is 23.4 Å². The second-order valence-corrected chi connectivity index (χ2v) is 9.10. The summed E-state index contributed by atoms with van der Waals surface area (Å²) in [4.78, 5) is 13.5. The summed E-state index contributed by atoms with van der Waals surface area (Å²) in [6.07, 6.45) is -0.170. The number of rotatable bonds is 9. The van der Waals surface area contributed by atoms with Gasteiger partial charge in [0.2, 0.25) is 11.8 Å². The van der Waals surface area contributed by atoms with Crippen LogP contribution in [0, 0.1) is 24.7 Å². The summed E-state index contributed by atoms with van der Waals surface area (Å²) in [7, 11) is 4.73. The highest BCUT2D eigenvalue weighted by Gasteiger charge is 2.41. The maximum Gasteiger partial charge on any atom is 0.225 e. The van der Waals surface area contributed by atoms with Crippen LogP contribution in [-0.4, -0.2) is 76.5 Å². The van der Waals surface area contributed by atoms with Crippen molar-refractivity contribution in [3.05, 3.63) is 58.9 Å². The van der Waals surface area contributed by atoms with Gasteiger partial charge in [-0.25, -0.2) is 9.97 Å². The molecule has 3 aromatic rings. The van der Waals surface area contributed by atoms with E-state index in [-0.39, 0.29) is 6.61 Å². The van der Waals surface area contributed by atoms with Crippen LogP contribution in [0.2, 0.25) is 0 Å². The summed E-state index contributed by atoms with van der Waals surface area (Å²) >= 11 is 0. The molecule has 2 aromatic heterocycles. The number of benzene rings is 1. The molecule has 206 valence electrons. The largest absolute Gasteiger partial charge is 0.496 e. The topological polar surface area (TPSA) is 151 Å². The Bertz CT molecular complexity index is 1320. The first-order valence-electron chi connectivity index (χ1n) is 12.5. The molecule has 0 aliphatic heterocycles. The summed E-state index contributed by atoms with van der Waals surface area (Å²) in [6, 6.07) is 8.50. The van der Waals surface area contributed by atoms with Crippen LogP contribution in [-0.2, 0) is 6.54 Å². The van der Waals surface area contributed by atoms with Gasteiger partial charge in [0.05, 0.1) is 56.8 Å². The fourth-order valence-corrected chi connectivity index (χ4v) is 4.51. The van der Waals surface area contributed by atoms with E-state index in [4.69, 9.17) is 14.2 Å². The summed E-state index contributed by atoms with van der Waals surface area (Å²) in [5, 5.41) is 37.0. The van der Waals surface area contributed by atoms with Gasteiger partial charge >= 0.3 is 0 Å². The SMILES string of the molecule is COc1ccc(C#Cc2c(C)nc(NCc3c(OC)cccc3OC)nc2N[C@@H]2C[C@H](CO)[C@@H](O)[C@H]2O)cn1. The first-order valence-corrected chi connectivity index (χ1v) is 12.5. The molecule has 39 heavy (non-hydrogen) atoms. The summed E-state index contributed by atoms with van der Waals surface area (Å²) in [5.41, 5.74) is 2.60. The van der Waals surface area contributed by atoms with Gasteiger partial charge in [-0.15, -0.1) is 0 Å². The minimum Gasteiger partial charge on any atom is -0.496 e. The predicted octanol–water partition coefficient (Wildman–Crippen LogP) is 1.73. The number of aliphatic hydroxyl groups excluding tert-OH is 3. The molecular formula is C28H33N5O6. The maximum atomic E-state index is 10.6. The monoisotopic (exact) mass is 535 g/mol. The van der Waals surface area contributed by atoms with Crippen molar-refractivity contribution in [2.45, 2.75) is 38.1 Å². The van der Waals surface area contributed by atoms with Crippen LogP contribution in [0.3, 0.4) is 0 Å². The number of aliphatic hydroxyl groups is 3. The number of hydrogen-bond acceptors (Lipinski definition) is 11. The molecule has 0 saturated heterocycles. The minimum atomic E-state index is -1.08. The van der Waals surface area contributed by atoms with E-state index in [1.54, 1.807) is 39.7 Å². The van der Waals surface area contributed by atoms with Gasteiger partial charge in [-0.2, -0.15) is 4.98 Å². The Labute approximate surface area is 227 Å². The number of ether oxygens (including phenoxy) is 3. The first-order chi connectivity index (χ1) is 18.9. The number of aromatic nitrogens is 3. The third-order valence-electron chi connectivity index (χ3n) is 6.68. The molecule has 1 aromatic carbocycles. The Kier molecular flexibility index (Phi) is 9.03. The van der Waals surface area contributed by atoms with Crippen molar-refractivity contribution in [2.24, 2.45) is 5.92 Å². The van der Waals surface area contributed by atoms with Crippen LogP contribution in [0.1, 0.15) is 28.8 Å². The summed E-state index contributed by atoms with van der Waals surface area (Å²) in [5.74, 6) is 8.26. The van der Waals surface area contributed by atoms with E-state index in [0.717, 1.165) is 5.56 Å². The highest BCUT2D eigenvalue weighted by molar-refractivity contribution is 5.61. The standard InChI is InChI=1S/C28H33N5O6/c1-16-19(10-8-17-9-11-24(39-4)29-13-17)27(32-21-12-18(15-34)25(35)26(21)36)33-28(31-16)30-14-20-22(37-2)6-5-7-23(20)38-3/h5-7,9,11,13,18,21,25-26,34-36H,12,14-15H2,1-4H3,(H2,30,31,32,33)/t18-,21-,25-,26+/m1/s1. The van der Waals surface area contributed by atoms with E-state index in [2.05, 4.69) is 37.4 Å². The average molecular weight is 536 g/mol. The van der Waals surface area contributed by atoms with Crippen molar-refractivity contribution in [1.29, 1.82) is 0 Å². The molecule has 0 amide bonds. The maximum absolute atomic E-state index is 10.6. The second-order valence-electron chi connectivity index (χ2n) is 9.10. The molecule has 0 unspecified atom stereocenters. The smallest absolute Gasteiger partial charge is 0.225 e. The molecule has 4 atom stereocenters. The lowest BCUT2D eigenvalue weighted by Gasteiger charge is -2.20. The van der Waals surface area contributed by atoms with Crippen LogP contribution in [0.5, 0.6) is 17.4 Å². The Hall–Kier alpha value is -4.11. The fourth-order valence-electron chi connectivity index (χ4n) is 4.51. The van der Waals surface area contributed by atoms with E-state index in [1.165, 1.54) is 0 Å². The third kappa shape index (κ3) is 6.31. The van der Waals surface area contributed by atoms with Crippen molar-refractivity contribution in [1.82, 2.24) is 15.0 Å². The lowest BCUT2D eigenvalue weighted by molar-refractivity contribution is 0.00445. The average Bonchev–Trinajstić information content (AvgIpc) is 3.23. The molecule has 11 nitrogen and oxygen atoms in total. The van der Waals surface area contributed by atoms with Gasteiger partial charge in [-0.3, -0.25) is 0 Å². The van der Waals surface area contributed by atoms with E-state index < -0.39 is 24.2 Å². The van der Waals surface area contributed by atoms with Crippen LogP contribution in [0.25, 0.3) is 0 Å². The van der Waals surface area contributed by atoms with Gasteiger partial charge < -0.3 is 40.2 Å². The summed E-state index contributed by atoms with van der Waals surface area (Å²) < 4.78 is 16.1. The highest BCUT2D eigenvalue weighted by Crippen LogP contribution is 2.31. The van der Waals surface area contributed by atoms with Crippen molar-refractivity contribution < 1.29 is 29.5 Å². The number of pyridine rings is 1. The summed E-state index contributed by atoms with van der Waals surface area (Å²) in [6.45, 7) is 1.91. The lowest BCUT2D eigenvalue weighted by atomic mass is 10.1. The molecule has 0 radical (unpaired) electrons. The minimum absolute atomic E-state index is 0.232. The van der Waals surface area contributed by atoms with Crippen molar-refractivity contribution >= 4 is 11.8 Å². The van der Waals surface area contributed by atoms with Gasteiger partial charge in [0.25, 0.3) is 0 Å². The molecule has 1 saturated carbocycles. The number of hydrogen-bond donors (Lipinski definition) is 5. The van der Waals surface area contributed by atoms with Gasteiger partial charge in [-0.1, -0.05) is 17.9 Å². The zero-order chi connectivity index (χ0) is 27.9. The molecular weight excluding hydrogens is 502 g/mol. The Morgan fingerprint density at radius 1 is 0.974 bits per heavy atom. The van der Waals surface area contributed by atoms with Crippen LogP contribution in [0.4, 0.5) is 11.8 Å². The number of aryl methyl sites for hydroxylation is 1. The second kappa shape index (κ2) is 12.6. The molecule has 2 heterocycles. The van der Waals surface area contributed by atoms with Crippen LogP contribution in [0.15, 0.2) is 36.5 Å². The quantitative estimate of drug-likeness (QED) is 0.255. The number of methoxy groups -OCH3 is 3. The van der Waals surface area contributed by atoms with E-state index >= 15 is 0 Å². The third-order valence-corrected chi connectivity index (χ3v) is 6.68. The Morgan fingerprint density at radius 2 is 1.72 bits per heavy atom. The Balaban J connectivity index is 1.67. The van der Waals surface area contributed by atoms with E-state index in [9.17, 15) is 15.3 Å². The van der Waals surface area contributed by atoms with E-state index in [0.29, 0.717) is 58.9 Å². The van der Waals surface area contributed by atoms with Crippen LogP contribution < -0.4 is 24.8 Å². The van der Waals surface area contributed by atoms with Crippen molar-refractivity contribution in [2.75, 3.05) is 38.6 Å². The molecule has 0 spiro atoms. The molecule has 1 aliphatic rings. The lowest BCUT2D eigenvalue weighted by Crippen LogP contribution is -2.36. The number of nitrogens with zero attached hydrogens (tertiary/aromatic N) is 3. The molecule has 11 heteroatoms. The molecule has 1 aliphatic carbocycles. The Morgan fingerprint density at radius 3 is 2.31 bits per heavy atom.